The normalized spacial score (nSPS) is 10.2. The van der Waals surface area contributed by atoms with E-state index in [-0.39, 0.29) is 5.69 Å². The van der Waals surface area contributed by atoms with Crippen LogP contribution in [0.25, 0.3) is 9.88 Å². The zero-order valence-electron chi connectivity index (χ0n) is 8.95. The van der Waals surface area contributed by atoms with Crippen LogP contribution >= 0.6 is 22.7 Å². The average molecular weight is 284 g/mol. The van der Waals surface area contributed by atoms with Crippen molar-refractivity contribution < 1.29 is 19.5 Å². The minimum atomic E-state index is -1.16. The molecule has 2 aromatic heterocycles. The second-order valence-electron chi connectivity index (χ2n) is 3.13. The van der Waals surface area contributed by atoms with Gasteiger partial charge in [0.25, 0.3) is 5.91 Å². The number of aromatic nitrogens is 1. The lowest BCUT2D eigenvalue weighted by atomic mass is 10.4. The molecule has 0 saturated heterocycles. The van der Waals surface area contributed by atoms with Gasteiger partial charge in [-0.3, -0.25) is 9.63 Å². The average Bonchev–Trinajstić information content (AvgIpc) is 2.99. The summed E-state index contributed by atoms with van der Waals surface area (Å²) in [6.07, 6.45) is 0. The van der Waals surface area contributed by atoms with Crippen LogP contribution in [0.4, 0.5) is 0 Å². The zero-order chi connectivity index (χ0) is 13.0. The lowest BCUT2D eigenvalue weighted by molar-refractivity contribution is -0.144. The van der Waals surface area contributed by atoms with Crippen LogP contribution in [0, 0.1) is 0 Å². The first-order chi connectivity index (χ1) is 8.66. The highest BCUT2D eigenvalue weighted by molar-refractivity contribution is 7.20. The molecule has 94 valence electrons. The standard InChI is InChI=1S/C10H8N2O4S2/c13-8(14)4-16-12-9(15)6-5-18-10(11-6)7-2-1-3-17-7/h1-3,5H,4H2,(H,12,15)(H,13,14). The summed E-state index contributed by atoms with van der Waals surface area (Å²) in [6, 6.07) is 3.81. The fourth-order valence-corrected chi connectivity index (χ4v) is 2.72. The number of hydroxylamine groups is 1. The van der Waals surface area contributed by atoms with Gasteiger partial charge in [0.1, 0.15) is 10.7 Å². The number of carbonyl (C=O) groups excluding carboxylic acids is 1. The minimum absolute atomic E-state index is 0.203. The van der Waals surface area contributed by atoms with Gasteiger partial charge in [0, 0.05) is 5.38 Å². The highest BCUT2D eigenvalue weighted by atomic mass is 32.1. The fourth-order valence-electron chi connectivity index (χ4n) is 1.11. The van der Waals surface area contributed by atoms with E-state index >= 15 is 0 Å². The van der Waals surface area contributed by atoms with Crippen molar-refractivity contribution in [2.24, 2.45) is 0 Å². The lowest BCUT2D eigenvalue weighted by Gasteiger charge is -2.00. The van der Waals surface area contributed by atoms with Crippen LogP contribution in [0.1, 0.15) is 10.5 Å². The predicted octanol–water partition coefficient (Wildman–Crippen LogP) is 1.62. The smallest absolute Gasteiger partial charge is 0.332 e. The second kappa shape index (κ2) is 5.71. The largest absolute Gasteiger partial charge is 0.479 e. The van der Waals surface area contributed by atoms with E-state index in [1.54, 1.807) is 5.38 Å². The molecule has 6 nitrogen and oxygen atoms in total. The van der Waals surface area contributed by atoms with Crippen molar-refractivity contribution in [3.8, 4) is 9.88 Å². The first kappa shape index (κ1) is 12.7. The number of aliphatic carboxylic acids is 1. The fraction of sp³-hybridized carbons (Fsp3) is 0.100. The van der Waals surface area contributed by atoms with Gasteiger partial charge in [-0.25, -0.2) is 15.3 Å². The number of hydrogen-bond acceptors (Lipinski definition) is 6. The molecule has 2 N–H and O–H groups in total. The van der Waals surface area contributed by atoms with Gasteiger partial charge in [0.15, 0.2) is 6.61 Å². The molecule has 1 amide bonds. The Morgan fingerprint density at radius 1 is 1.44 bits per heavy atom. The van der Waals surface area contributed by atoms with Gasteiger partial charge < -0.3 is 5.11 Å². The number of hydrogen-bond donors (Lipinski definition) is 2. The van der Waals surface area contributed by atoms with E-state index in [9.17, 15) is 9.59 Å². The summed E-state index contributed by atoms with van der Waals surface area (Å²) >= 11 is 2.87. The van der Waals surface area contributed by atoms with Gasteiger partial charge in [-0.05, 0) is 11.4 Å². The Morgan fingerprint density at radius 2 is 2.28 bits per heavy atom. The molecule has 0 saturated carbocycles. The van der Waals surface area contributed by atoms with E-state index in [0.29, 0.717) is 0 Å². The van der Waals surface area contributed by atoms with Crippen molar-refractivity contribution in [2.45, 2.75) is 0 Å². The van der Waals surface area contributed by atoms with Gasteiger partial charge in [-0.1, -0.05) is 6.07 Å². The van der Waals surface area contributed by atoms with Crippen LogP contribution in [0.15, 0.2) is 22.9 Å². The Kier molecular flexibility index (Phi) is 4.03. The summed E-state index contributed by atoms with van der Waals surface area (Å²) in [4.78, 5) is 31.3. The molecule has 0 aromatic carbocycles. The molecule has 0 aliphatic rings. The highest BCUT2D eigenvalue weighted by Crippen LogP contribution is 2.27. The maximum absolute atomic E-state index is 11.5. The summed E-state index contributed by atoms with van der Waals surface area (Å²) in [6.45, 7) is -0.590. The molecule has 2 rings (SSSR count). The van der Waals surface area contributed by atoms with Crippen molar-refractivity contribution in [3.63, 3.8) is 0 Å². The number of amides is 1. The number of rotatable bonds is 5. The Hall–Kier alpha value is -1.77. The van der Waals surface area contributed by atoms with Crippen LogP contribution in [0.5, 0.6) is 0 Å². The zero-order valence-corrected chi connectivity index (χ0v) is 10.6. The van der Waals surface area contributed by atoms with E-state index in [0.717, 1.165) is 9.88 Å². The van der Waals surface area contributed by atoms with Gasteiger partial charge in [0.05, 0.1) is 4.88 Å². The van der Waals surface area contributed by atoms with E-state index < -0.39 is 18.5 Å². The van der Waals surface area contributed by atoms with Crippen molar-refractivity contribution in [2.75, 3.05) is 6.61 Å². The number of nitrogens with zero attached hydrogens (tertiary/aromatic N) is 1. The summed E-state index contributed by atoms with van der Waals surface area (Å²) in [5, 5.41) is 12.6. The Labute approximate surface area is 110 Å². The van der Waals surface area contributed by atoms with E-state index in [1.165, 1.54) is 22.7 Å². The Balaban J connectivity index is 1.97. The van der Waals surface area contributed by atoms with Crippen LogP contribution in [-0.2, 0) is 9.63 Å². The molecule has 0 aliphatic carbocycles. The lowest BCUT2D eigenvalue weighted by Crippen LogP contribution is -2.26. The number of nitrogens with one attached hydrogen (secondary N) is 1. The second-order valence-corrected chi connectivity index (χ2v) is 4.93. The molecule has 0 fully saturated rings. The number of thiophene rings is 1. The summed E-state index contributed by atoms with van der Waals surface area (Å²) < 4.78 is 0. The molecule has 0 spiro atoms. The Morgan fingerprint density at radius 3 is 2.94 bits per heavy atom. The van der Waals surface area contributed by atoms with Crippen LogP contribution in [0.3, 0.4) is 0 Å². The maximum atomic E-state index is 11.5. The maximum Gasteiger partial charge on any atom is 0.332 e. The highest BCUT2D eigenvalue weighted by Gasteiger charge is 2.12. The van der Waals surface area contributed by atoms with Crippen LogP contribution in [-0.4, -0.2) is 28.6 Å². The molecular weight excluding hydrogens is 276 g/mol. The number of carboxylic acid groups (broad SMARTS) is 1. The molecule has 8 heteroatoms. The number of carboxylic acids is 1. The number of thiazole rings is 1. The third-order valence-electron chi connectivity index (χ3n) is 1.83. The third-order valence-corrected chi connectivity index (χ3v) is 3.71. The number of carbonyl (C=O) groups is 2. The van der Waals surface area contributed by atoms with Crippen LogP contribution < -0.4 is 5.48 Å². The van der Waals surface area contributed by atoms with Crippen molar-refractivity contribution in [3.05, 3.63) is 28.6 Å². The molecule has 0 atom stereocenters. The van der Waals surface area contributed by atoms with Gasteiger partial charge >= 0.3 is 5.97 Å². The van der Waals surface area contributed by atoms with E-state index in [4.69, 9.17) is 5.11 Å². The minimum Gasteiger partial charge on any atom is -0.479 e. The molecule has 18 heavy (non-hydrogen) atoms. The van der Waals surface area contributed by atoms with Crippen molar-refractivity contribution in [1.29, 1.82) is 0 Å². The van der Waals surface area contributed by atoms with Gasteiger partial charge in [-0.2, -0.15) is 0 Å². The SMILES string of the molecule is O=C(O)CONC(=O)c1csc(-c2cccs2)n1. The monoisotopic (exact) mass is 284 g/mol. The molecule has 2 heterocycles. The molecule has 0 radical (unpaired) electrons. The van der Waals surface area contributed by atoms with E-state index in [1.807, 2.05) is 23.0 Å². The Bertz CT molecular complexity index is 550. The first-order valence-electron chi connectivity index (χ1n) is 4.80. The molecule has 2 aromatic rings. The van der Waals surface area contributed by atoms with E-state index in [2.05, 4.69) is 9.82 Å². The summed E-state index contributed by atoms with van der Waals surface area (Å²) in [5.74, 6) is -1.72. The molecule has 0 bridgehead atoms. The van der Waals surface area contributed by atoms with Crippen molar-refractivity contribution >= 4 is 34.6 Å². The summed E-state index contributed by atoms with van der Waals surface area (Å²) in [7, 11) is 0. The molecule has 0 unspecified atom stereocenters. The van der Waals surface area contributed by atoms with Crippen molar-refractivity contribution in [1.82, 2.24) is 10.5 Å². The third kappa shape index (κ3) is 3.13. The van der Waals surface area contributed by atoms with Crippen LogP contribution in [0.2, 0.25) is 0 Å². The van der Waals surface area contributed by atoms with Gasteiger partial charge in [0.2, 0.25) is 0 Å². The topological polar surface area (TPSA) is 88.5 Å². The predicted molar refractivity (Wildman–Crippen MR) is 66.5 cm³/mol. The summed E-state index contributed by atoms with van der Waals surface area (Å²) in [5.41, 5.74) is 2.22. The van der Waals surface area contributed by atoms with Gasteiger partial charge in [-0.15, -0.1) is 22.7 Å². The quantitative estimate of drug-likeness (QED) is 0.814. The molecular formula is C10H8N2O4S2. The first-order valence-corrected chi connectivity index (χ1v) is 6.56. The molecule has 0 aliphatic heterocycles.